The summed E-state index contributed by atoms with van der Waals surface area (Å²) in [4.78, 5) is 13.5. The van der Waals surface area contributed by atoms with Crippen molar-refractivity contribution in [3.63, 3.8) is 0 Å². The monoisotopic (exact) mass is 362 g/mol. The molecule has 0 amide bonds. The van der Waals surface area contributed by atoms with Crippen molar-refractivity contribution in [3.8, 4) is 0 Å². The van der Waals surface area contributed by atoms with E-state index < -0.39 is 0 Å². The van der Waals surface area contributed by atoms with Crippen LogP contribution in [0.3, 0.4) is 0 Å². The van der Waals surface area contributed by atoms with Crippen LogP contribution in [-0.2, 0) is 0 Å². The quantitative estimate of drug-likeness (QED) is 0.827. The molecule has 8 heteroatoms. The van der Waals surface area contributed by atoms with E-state index in [4.69, 9.17) is 11.5 Å². The zero-order valence-corrected chi connectivity index (χ0v) is 15.3. The fraction of sp³-hybridized carbons (Fsp3) is 0.733. The molecule has 1 saturated carbocycles. The smallest absolute Gasteiger partial charge is 0.222 e. The number of halogens is 2. The predicted octanol–water partition coefficient (Wildman–Crippen LogP) is 1.64. The van der Waals surface area contributed by atoms with Gasteiger partial charge in [-0.25, -0.2) is 4.98 Å². The summed E-state index contributed by atoms with van der Waals surface area (Å²) in [5.41, 5.74) is 12.8. The Kier molecular flexibility index (Phi) is 7.80. The Balaban J connectivity index is 0.00000132. The second kappa shape index (κ2) is 8.87. The molecule has 2 aliphatic rings. The number of hydrogen-bond donors (Lipinski definition) is 2. The summed E-state index contributed by atoms with van der Waals surface area (Å²) < 4.78 is 0. The molecule has 1 aromatic heterocycles. The highest BCUT2D eigenvalue weighted by molar-refractivity contribution is 5.85. The third-order valence-corrected chi connectivity index (χ3v) is 4.68. The Morgan fingerprint density at radius 3 is 2.48 bits per heavy atom. The van der Waals surface area contributed by atoms with E-state index in [1.165, 1.54) is 25.9 Å². The van der Waals surface area contributed by atoms with Gasteiger partial charge in [-0.1, -0.05) is 0 Å². The zero-order valence-electron chi connectivity index (χ0n) is 13.6. The van der Waals surface area contributed by atoms with Gasteiger partial charge in [0.2, 0.25) is 5.95 Å². The molecule has 0 radical (unpaired) electrons. The van der Waals surface area contributed by atoms with Crippen molar-refractivity contribution < 1.29 is 0 Å². The van der Waals surface area contributed by atoms with Crippen molar-refractivity contribution in [3.05, 3.63) is 11.8 Å². The number of aromatic nitrogens is 2. The predicted molar refractivity (Wildman–Crippen MR) is 99.8 cm³/mol. The van der Waals surface area contributed by atoms with Gasteiger partial charge in [0.1, 0.15) is 5.82 Å². The Morgan fingerprint density at radius 2 is 1.87 bits per heavy atom. The van der Waals surface area contributed by atoms with Crippen molar-refractivity contribution in [2.24, 2.45) is 5.73 Å². The van der Waals surface area contributed by atoms with Gasteiger partial charge in [-0.05, 0) is 38.8 Å². The number of rotatable bonds is 5. The SMILES string of the molecule is CN(CCN1CCCC1)c1cc(C2CC(N)C2)nc(N)n1.Cl.Cl. The molecule has 0 bridgehead atoms. The van der Waals surface area contributed by atoms with Crippen molar-refractivity contribution >= 4 is 36.6 Å². The molecule has 2 fully saturated rings. The van der Waals surface area contributed by atoms with Crippen molar-refractivity contribution in [1.29, 1.82) is 0 Å². The van der Waals surface area contributed by atoms with E-state index in [-0.39, 0.29) is 24.8 Å². The normalized spacial score (nSPS) is 23.6. The highest BCUT2D eigenvalue weighted by Gasteiger charge is 2.29. The van der Waals surface area contributed by atoms with Crippen LogP contribution in [0.25, 0.3) is 0 Å². The summed E-state index contributed by atoms with van der Waals surface area (Å²) in [6.45, 7) is 4.51. The number of anilines is 2. The maximum Gasteiger partial charge on any atom is 0.222 e. The van der Waals surface area contributed by atoms with Gasteiger partial charge in [0.25, 0.3) is 0 Å². The summed E-state index contributed by atoms with van der Waals surface area (Å²) >= 11 is 0. The van der Waals surface area contributed by atoms with Crippen LogP contribution in [0.1, 0.15) is 37.3 Å². The summed E-state index contributed by atoms with van der Waals surface area (Å²) in [5.74, 6) is 1.75. The molecule has 2 heterocycles. The van der Waals surface area contributed by atoms with E-state index in [1.54, 1.807) is 0 Å². The van der Waals surface area contributed by atoms with Gasteiger partial charge in [0.15, 0.2) is 0 Å². The van der Waals surface area contributed by atoms with E-state index in [2.05, 4.69) is 32.9 Å². The molecular formula is C15H28Cl2N6. The first-order chi connectivity index (χ1) is 10.1. The Hall–Kier alpha value is -0.820. The molecular weight excluding hydrogens is 335 g/mol. The third-order valence-electron chi connectivity index (χ3n) is 4.68. The van der Waals surface area contributed by atoms with Gasteiger partial charge in [0.05, 0.1) is 5.69 Å². The molecule has 132 valence electrons. The topological polar surface area (TPSA) is 84.3 Å². The third kappa shape index (κ3) is 5.08. The first kappa shape index (κ1) is 20.2. The highest BCUT2D eigenvalue weighted by Crippen LogP contribution is 2.35. The van der Waals surface area contributed by atoms with Gasteiger partial charge in [-0.3, -0.25) is 0 Å². The first-order valence-corrected chi connectivity index (χ1v) is 7.95. The van der Waals surface area contributed by atoms with Crippen LogP contribution in [0.2, 0.25) is 0 Å². The van der Waals surface area contributed by atoms with Crippen LogP contribution in [-0.4, -0.2) is 54.1 Å². The lowest BCUT2D eigenvalue weighted by Gasteiger charge is -2.32. The molecule has 6 nitrogen and oxygen atoms in total. The number of nitrogens with zero attached hydrogens (tertiary/aromatic N) is 4. The second-order valence-electron chi connectivity index (χ2n) is 6.41. The number of likely N-dealkylation sites (N-methyl/N-ethyl adjacent to an activating group) is 1. The van der Waals surface area contributed by atoms with Crippen LogP contribution >= 0.6 is 24.8 Å². The lowest BCUT2D eigenvalue weighted by Crippen LogP contribution is -2.35. The lowest BCUT2D eigenvalue weighted by atomic mass is 9.78. The minimum atomic E-state index is 0. The van der Waals surface area contributed by atoms with Crippen LogP contribution in [0.5, 0.6) is 0 Å². The highest BCUT2D eigenvalue weighted by atomic mass is 35.5. The Bertz CT molecular complexity index is 489. The van der Waals surface area contributed by atoms with Crippen molar-refractivity contribution in [2.75, 3.05) is 43.9 Å². The molecule has 1 aromatic rings. The summed E-state index contributed by atoms with van der Waals surface area (Å²) in [5, 5.41) is 0. The molecule has 0 unspecified atom stereocenters. The second-order valence-corrected chi connectivity index (χ2v) is 6.41. The van der Waals surface area contributed by atoms with E-state index in [9.17, 15) is 0 Å². The lowest BCUT2D eigenvalue weighted by molar-refractivity contribution is 0.343. The fourth-order valence-electron chi connectivity index (χ4n) is 3.19. The number of nitrogen functional groups attached to an aromatic ring is 1. The number of hydrogen-bond acceptors (Lipinski definition) is 6. The summed E-state index contributed by atoms with van der Waals surface area (Å²) in [6, 6.07) is 2.40. The molecule has 0 atom stereocenters. The van der Waals surface area contributed by atoms with E-state index in [1.807, 2.05) is 0 Å². The van der Waals surface area contributed by atoms with Crippen LogP contribution in [0.4, 0.5) is 11.8 Å². The Morgan fingerprint density at radius 1 is 1.22 bits per heavy atom. The van der Waals surface area contributed by atoms with Crippen molar-refractivity contribution in [1.82, 2.24) is 14.9 Å². The minimum absolute atomic E-state index is 0. The van der Waals surface area contributed by atoms with Gasteiger partial charge < -0.3 is 21.3 Å². The summed E-state index contributed by atoms with van der Waals surface area (Å²) in [7, 11) is 2.08. The molecule has 4 N–H and O–H groups in total. The zero-order chi connectivity index (χ0) is 14.8. The number of nitrogens with two attached hydrogens (primary N) is 2. The molecule has 1 aliphatic carbocycles. The van der Waals surface area contributed by atoms with E-state index >= 15 is 0 Å². The minimum Gasteiger partial charge on any atom is -0.368 e. The van der Waals surface area contributed by atoms with Crippen LogP contribution in [0, 0.1) is 0 Å². The largest absolute Gasteiger partial charge is 0.368 e. The standard InChI is InChI=1S/C15H26N6.2ClH/c1-20(6-7-21-4-2-3-5-21)14-10-13(18-15(17)19-14)11-8-12(16)9-11;;/h10-12H,2-9,16H2,1H3,(H2,17,18,19);2*1H. The summed E-state index contributed by atoms with van der Waals surface area (Å²) in [6.07, 6.45) is 4.67. The van der Waals surface area contributed by atoms with Gasteiger partial charge >= 0.3 is 0 Å². The molecule has 1 aliphatic heterocycles. The average molecular weight is 363 g/mol. The first-order valence-electron chi connectivity index (χ1n) is 7.95. The molecule has 0 spiro atoms. The van der Waals surface area contributed by atoms with Crippen LogP contribution < -0.4 is 16.4 Å². The average Bonchev–Trinajstić information content (AvgIpc) is 2.94. The van der Waals surface area contributed by atoms with Crippen LogP contribution in [0.15, 0.2) is 6.07 Å². The Labute approximate surface area is 150 Å². The van der Waals surface area contributed by atoms with Gasteiger partial charge in [0, 0.05) is 38.2 Å². The molecule has 3 rings (SSSR count). The molecule has 0 aromatic carbocycles. The van der Waals surface area contributed by atoms with Gasteiger partial charge in [-0.2, -0.15) is 4.98 Å². The number of likely N-dealkylation sites (tertiary alicyclic amines) is 1. The maximum absolute atomic E-state index is 5.88. The fourth-order valence-corrected chi connectivity index (χ4v) is 3.19. The van der Waals surface area contributed by atoms with E-state index in [0.29, 0.717) is 17.9 Å². The maximum atomic E-state index is 5.88. The molecule has 1 saturated heterocycles. The van der Waals surface area contributed by atoms with Crippen molar-refractivity contribution in [2.45, 2.75) is 37.6 Å². The van der Waals surface area contributed by atoms with Gasteiger partial charge in [-0.15, -0.1) is 24.8 Å². The van der Waals surface area contributed by atoms with E-state index in [0.717, 1.165) is 37.4 Å². The molecule has 23 heavy (non-hydrogen) atoms.